The van der Waals surface area contributed by atoms with Gasteiger partial charge in [0.15, 0.2) is 0 Å². The van der Waals surface area contributed by atoms with Crippen molar-refractivity contribution in [3.8, 4) is 0 Å². The Morgan fingerprint density at radius 3 is 2.38 bits per heavy atom. The van der Waals surface area contributed by atoms with E-state index in [0.717, 1.165) is 29.1 Å². The van der Waals surface area contributed by atoms with Crippen LogP contribution in [0.3, 0.4) is 0 Å². The number of rotatable bonds is 2. The summed E-state index contributed by atoms with van der Waals surface area (Å²) in [6.07, 6.45) is 0. The van der Waals surface area contributed by atoms with Crippen molar-refractivity contribution >= 4 is 16.7 Å². The first-order valence-corrected chi connectivity index (χ1v) is 7.26. The van der Waals surface area contributed by atoms with E-state index in [1.54, 1.807) is 0 Å². The monoisotopic (exact) mass is 279 g/mol. The minimum atomic E-state index is -0.0275. The summed E-state index contributed by atoms with van der Waals surface area (Å²) in [5, 5.41) is 0. The quantitative estimate of drug-likeness (QED) is 0.721. The topological polar surface area (TPSA) is 43.8 Å². The van der Waals surface area contributed by atoms with E-state index < -0.39 is 0 Å². The summed E-state index contributed by atoms with van der Waals surface area (Å²) in [5.74, 6) is 1.07. The van der Waals surface area contributed by atoms with Crippen LogP contribution >= 0.6 is 0 Å². The maximum atomic E-state index is 6.10. The summed E-state index contributed by atoms with van der Waals surface area (Å²) in [5.41, 5.74) is 10.1. The van der Waals surface area contributed by atoms with E-state index in [-0.39, 0.29) is 5.41 Å². The Bertz CT molecular complexity index is 764. The zero-order valence-corrected chi connectivity index (χ0v) is 12.8. The highest BCUT2D eigenvalue weighted by Gasteiger charge is 2.23. The van der Waals surface area contributed by atoms with E-state index in [9.17, 15) is 0 Å². The number of para-hydroxylation sites is 1. The molecule has 0 unspecified atom stereocenters. The molecule has 0 fully saturated rings. The molecule has 0 radical (unpaired) electrons. The van der Waals surface area contributed by atoms with Crippen LogP contribution in [0.25, 0.3) is 11.0 Å². The van der Waals surface area contributed by atoms with E-state index >= 15 is 0 Å². The van der Waals surface area contributed by atoms with Gasteiger partial charge in [-0.15, -0.1) is 0 Å². The van der Waals surface area contributed by atoms with Crippen LogP contribution in [-0.4, -0.2) is 9.55 Å². The molecule has 1 aromatic heterocycles. The molecule has 0 aliphatic rings. The molecule has 2 N–H and O–H groups in total. The van der Waals surface area contributed by atoms with Crippen molar-refractivity contribution < 1.29 is 0 Å². The largest absolute Gasteiger partial charge is 0.397 e. The van der Waals surface area contributed by atoms with Crippen LogP contribution in [0.1, 0.15) is 32.2 Å². The lowest BCUT2D eigenvalue weighted by molar-refractivity contribution is 0.516. The van der Waals surface area contributed by atoms with Crippen molar-refractivity contribution in [3.63, 3.8) is 0 Å². The Balaban J connectivity index is 2.21. The summed E-state index contributed by atoms with van der Waals surface area (Å²) in [4.78, 5) is 4.82. The molecule has 0 aliphatic carbocycles. The molecule has 3 heteroatoms. The standard InChI is InChI=1S/C18H21N3/c1-18(2,3)17-20-16-14(19)10-7-11-15(16)21(17)12-13-8-5-4-6-9-13/h4-11H,12,19H2,1-3H3. The fourth-order valence-corrected chi connectivity index (χ4v) is 2.67. The highest BCUT2D eigenvalue weighted by Crippen LogP contribution is 2.29. The maximum Gasteiger partial charge on any atom is 0.115 e. The van der Waals surface area contributed by atoms with Crippen LogP contribution in [0.15, 0.2) is 48.5 Å². The highest BCUT2D eigenvalue weighted by atomic mass is 15.1. The number of hydrogen-bond acceptors (Lipinski definition) is 2. The molecule has 0 saturated carbocycles. The van der Waals surface area contributed by atoms with Gasteiger partial charge in [0, 0.05) is 12.0 Å². The van der Waals surface area contributed by atoms with Crippen LogP contribution in [0.2, 0.25) is 0 Å². The summed E-state index contributed by atoms with van der Waals surface area (Å²) < 4.78 is 2.28. The van der Waals surface area contributed by atoms with E-state index in [1.165, 1.54) is 5.56 Å². The number of imidazole rings is 1. The molecule has 0 aliphatic heterocycles. The van der Waals surface area contributed by atoms with Crippen molar-refractivity contribution in [1.29, 1.82) is 0 Å². The number of anilines is 1. The third kappa shape index (κ3) is 2.51. The maximum absolute atomic E-state index is 6.10. The lowest BCUT2D eigenvalue weighted by Crippen LogP contribution is -2.19. The fourth-order valence-electron chi connectivity index (χ4n) is 2.67. The molecule has 0 bridgehead atoms. The Labute approximate surface area is 125 Å². The van der Waals surface area contributed by atoms with Gasteiger partial charge in [0.2, 0.25) is 0 Å². The molecule has 108 valence electrons. The number of nitrogen functional groups attached to an aromatic ring is 1. The van der Waals surface area contributed by atoms with Crippen molar-refractivity contribution in [3.05, 3.63) is 59.9 Å². The molecule has 1 heterocycles. The van der Waals surface area contributed by atoms with Gasteiger partial charge in [-0.2, -0.15) is 0 Å². The molecule has 0 saturated heterocycles. The van der Waals surface area contributed by atoms with Crippen LogP contribution in [0, 0.1) is 0 Å². The minimum Gasteiger partial charge on any atom is -0.397 e. The Hall–Kier alpha value is -2.29. The Kier molecular flexibility index (Phi) is 3.20. The number of hydrogen-bond donors (Lipinski definition) is 1. The smallest absolute Gasteiger partial charge is 0.115 e. The number of aromatic nitrogens is 2. The van der Waals surface area contributed by atoms with Crippen LogP contribution in [-0.2, 0) is 12.0 Å². The van der Waals surface area contributed by atoms with Gasteiger partial charge in [0.05, 0.1) is 11.2 Å². The van der Waals surface area contributed by atoms with Crippen molar-refractivity contribution in [1.82, 2.24) is 9.55 Å². The highest BCUT2D eigenvalue weighted by molar-refractivity contribution is 5.87. The molecule has 2 aromatic carbocycles. The number of fused-ring (bicyclic) bond motifs is 1. The van der Waals surface area contributed by atoms with Gasteiger partial charge in [-0.3, -0.25) is 0 Å². The summed E-state index contributed by atoms with van der Waals surface area (Å²) in [6.45, 7) is 7.37. The predicted molar refractivity (Wildman–Crippen MR) is 88.4 cm³/mol. The molecule has 0 atom stereocenters. The Morgan fingerprint density at radius 2 is 1.71 bits per heavy atom. The molecule has 3 nitrogen and oxygen atoms in total. The van der Waals surface area contributed by atoms with E-state index in [4.69, 9.17) is 10.7 Å². The second-order valence-electron chi connectivity index (χ2n) is 6.47. The lowest BCUT2D eigenvalue weighted by atomic mass is 9.95. The van der Waals surface area contributed by atoms with Crippen LogP contribution in [0.5, 0.6) is 0 Å². The van der Waals surface area contributed by atoms with Gasteiger partial charge < -0.3 is 10.3 Å². The molecule has 21 heavy (non-hydrogen) atoms. The first-order valence-electron chi connectivity index (χ1n) is 7.26. The average molecular weight is 279 g/mol. The van der Waals surface area contributed by atoms with Crippen molar-refractivity contribution in [2.45, 2.75) is 32.7 Å². The fraction of sp³-hybridized carbons (Fsp3) is 0.278. The molecule has 3 rings (SSSR count). The number of benzene rings is 2. The second-order valence-corrected chi connectivity index (χ2v) is 6.47. The van der Waals surface area contributed by atoms with Crippen LogP contribution < -0.4 is 5.73 Å². The van der Waals surface area contributed by atoms with Crippen molar-refractivity contribution in [2.24, 2.45) is 0 Å². The first-order chi connectivity index (χ1) is 9.97. The van der Waals surface area contributed by atoms with Gasteiger partial charge in [-0.1, -0.05) is 57.2 Å². The predicted octanol–water partition coefficient (Wildman–Crippen LogP) is 3.96. The van der Waals surface area contributed by atoms with Crippen molar-refractivity contribution in [2.75, 3.05) is 5.73 Å². The summed E-state index contributed by atoms with van der Waals surface area (Å²) >= 11 is 0. The third-order valence-electron chi connectivity index (χ3n) is 3.66. The third-order valence-corrected chi connectivity index (χ3v) is 3.66. The van der Waals surface area contributed by atoms with Gasteiger partial charge in [0.25, 0.3) is 0 Å². The van der Waals surface area contributed by atoms with E-state index in [0.29, 0.717) is 0 Å². The van der Waals surface area contributed by atoms with E-state index in [1.807, 2.05) is 18.2 Å². The van der Waals surface area contributed by atoms with Crippen LogP contribution in [0.4, 0.5) is 5.69 Å². The summed E-state index contributed by atoms with van der Waals surface area (Å²) in [7, 11) is 0. The van der Waals surface area contributed by atoms with Gasteiger partial charge in [-0.05, 0) is 17.7 Å². The lowest BCUT2D eigenvalue weighted by Gasteiger charge is -2.20. The molecule has 0 spiro atoms. The summed E-state index contributed by atoms with van der Waals surface area (Å²) in [6, 6.07) is 16.5. The molecule has 0 amide bonds. The minimum absolute atomic E-state index is 0.0275. The number of nitrogens with two attached hydrogens (primary N) is 1. The molecular formula is C18H21N3. The van der Waals surface area contributed by atoms with Gasteiger partial charge >= 0.3 is 0 Å². The number of nitrogens with zero attached hydrogens (tertiary/aromatic N) is 2. The Morgan fingerprint density at radius 1 is 1.00 bits per heavy atom. The van der Waals surface area contributed by atoms with Gasteiger partial charge in [-0.25, -0.2) is 4.98 Å². The SMILES string of the molecule is CC(C)(C)c1nc2c(N)cccc2n1Cc1ccccc1. The normalized spacial score (nSPS) is 12.0. The van der Waals surface area contributed by atoms with Gasteiger partial charge in [0.1, 0.15) is 11.3 Å². The molecule has 3 aromatic rings. The second kappa shape index (κ2) is 4.92. The van der Waals surface area contributed by atoms with E-state index in [2.05, 4.69) is 55.7 Å². The zero-order chi connectivity index (χ0) is 15.0. The average Bonchev–Trinajstić information content (AvgIpc) is 2.80. The first kappa shape index (κ1) is 13.7. The zero-order valence-electron chi connectivity index (χ0n) is 12.8. The molecular weight excluding hydrogens is 258 g/mol.